The van der Waals surface area contributed by atoms with Crippen LogP contribution < -0.4 is 0 Å². The molecule has 0 nitrogen and oxygen atoms in total. The second-order valence-electron chi connectivity index (χ2n) is 0.845. The van der Waals surface area contributed by atoms with Gasteiger partial charge in [0, 0.05) is 0 Å². The van der Waals surface area contributed by atoms with Crippen molar-refractivity contribution in [2.75, 3.05) is 0 Å². The van der Waals surface area contributed by atoms with E-state index in [9.17, 15) is 0 Å². The maximum absolute atomic E-state index is 2.79. The van der Waals surface area contributed by atoms with Crippen LogP contribution >= 0.6 is 11.8 Å². The van der Waals surface area contributed by atoms with Crippen LogP contribution in [0.4, 0.5) is 0 Å². The van der Waals surface area contributed by atoms with Crippen molar-refractivity contribution < 1.29 is 0 Å². The lowest BCUT2D eigenvalue weighted by molar-refractivity contribution is 1.76. The van der Waals surface area contributed by atoms with Crippen LogP contribution in [0.2, 0.25) is 0 Å². The zero-order chi connectivity index (χ0) is 4.24. The fourth-order valence-corrected chi connectivity index (χ4v) is 0.590. The van der Waals surface area contributed by atoms with Gasteiger partial charge >= 0.3 is 0 Å². The van der Waals surface area contributed by atoms with Gasteiger partial charge in [-0.2, -0.15) is 0 Å². The molecule has 1 heteroatoms. The largest absolute Gasteiger partial charge is 0.124 e. The molecule has 0 aromatic rings. The molecular formula is C5H3S. The molecule has 0 atom stereocenters. The number of hydrogen-bond donors (Lipinski definition) is 0. The summed E-state index contributed by atoms with van der Waals surface area (Å²) in [5.41, 5.74) is 0. The summed E-state index contributed by atoms with van der Waals surface area (Å²) in [6, 6.07) is 0. The molecule has 29 valence electrons. The highest BCUT2D eigenvalue weighted by molar-refractivity contribution is 8.04. The standard InChI is InChI=1S/C5H3S/c1-2-4-6-5-3-1/h2,4-5H. The molecule has 6 heavy (non-hydrogen) atoms. The highest BCUT2D eigenvalue weighted by Crippen LogP contribution is 2.09. The van der Waals surface area contributed by atoms with Gasteiger partial charge in [-0.3, -0.25) is 0 Å². The molecule has 1 aliphatic heterocycles. The van der Waals surface area contributed by atoms with E-state index in [1.807, 2.05) is 17.2 Å². The monoisotopic (exact) mass is 95.0 g/mol. The number of allylic oxidation sites excluding steroid dienone is 2. The van der Waals surface area contributed by atoms with Gasteiger partial charge in [-0.05, 0) is 23.6 Å². The molecule has 0 aromatic heterocycles. The van der Waals surface area contributed by atoms with Crippen LogP contribution in [0.25, 0.3) is 0 Å². The summed E-state index contributed by atoms with van der Waals surface area (Å²) < 4.78 is 0. The number of rotatable bonds is 0. The molecule has 0 N–H and O–H groups in total. The lowest BCUT2D eigenvalue weighted by Gasteiger charge is -1.85. The molecule has 1 heterocycles. The summed E-state index contributed by atoms with van der Waals surface area (Å²) >= 11 is 1.62. The Hall–Kier alpha value is -0.170. The van der Waals surface area contributed by atoms with Crippen LogP contribution in [-0.4, -0.2) is 0 Å². The van der Waals surface area contributed by atoms with E-state index in [0.717, 1.165) is 0 Å². The summed E-state index contributed by atoms with van der Waals surface area (Å²) in [5.74, 6) is 1.86. The van der Waals surface area contributed by atoms with E-state index in [0.29, 0.717) is 0 Å². The molecule has 0 fully saturated rings. The highest BCUT2D eigenvalue weighted by Gasteiger charge is 1.80. The predicted octanol–water partition coefficient (Wildman–Crippen LogP) is 1.57. The van der Waals surface area contributed by atoms with E-state index in [1.165, 1.54) is 0 Å². The molecule has 0 bridgehead atoms. The predicted molar refractivity (Wildman–Crippen MR) is 27.5 cm³/mol. The van der Waals surface area contributed by atoms with Crippen molar-refractivity contribution in [1.82, 2.24) is 0 Å². The third-order valence-electron chi connectivity index (χ3n) is 0.440. The van der Waals surface area contributed by atoms with E-state index in [4.69, 9.17) is 0 Å². The maximum atomic E-state index is 2.79. The van der Waals surface area contributed by atoms with Crippen molar-refractivity contribution in [2.24, 2.45) is 0 Å². The van der Waals surface area contributed by atoms with Gasteiger partial charge in [0.1, 0.15) is 0 Å². The topological polar surface area (TPSA) is 0 Å². The Labute approximate surface area is 41.9 Å². The Morgan fingerprint density at radius 3 is 2.50 bits per heavy atom. The zero-order valence-corrected chi connectivity index (χ0v) is 3.96. The minimum absolute atomic E-state index is 1.62. The molecule has 0 amide bonds. The Balaban J connectivity index is 2.46. The Morgan fingerprint density at radius 1 is 1.33 bits per heavy atom. The van der Waals surface area contributed by atoms with Crippen LogP contribution in [0.1, 0.15) is 0 Å². The minimum atomic E-state index is 1.62. The minimum Gasteiger partial charge on any atom is -0.124 e. The van der Waals surface area contributed by atoms with Crippen LogP contribution in [0.15, 0.2) is 11.5 Å². The normalized spacial score (nSPS) is 18.7. The number of thioether (sulfide) groups is 1. The van der Waals surface area contributed by atoms with Crippen molar-refractivity contribution in [2.45, 2.75) is 0 Å². The third kappa shape index (κ3) is 0.902. The quantitative estimate of drug-likeness (QED) is 0.440. The van der Waals surface area contributed by atoms with Crippen LogP contribution in [0, 0.1) is 17.9 Å². The van der Waals surface area contributed by atoms with Gasteiger partial charge in [0.2, 0.25) is 0 Å². The Morgan fingerprint density at radius 2 is 2.33 bits per heavy atom. The number of hydrogen-bond acceptors (Lipinski definition) is 1. The molecule has 3 radical (unpaired) electrons. The average molecular weight is 95.1 g/mol. The molecule has 1 aliphatic rings. The van der Waals surface area contributed by atoms with Gasteiger partial charge in [0.05, 0.1) is 5.75 Å². The second kappa shape index (κ2) is 2.08. The van der Waals surface area contributed by atoms with Crippen molar-refractivity contribution in [3.63, 3.8) is 0 Å². The summed E-state index contributed by atoms with van der Waals surface area (Å²) in [7, 11) is 0. The molecule has 0 unspecified atom stereocenters. The van der Waals surface area contributed by atoms with Gasteiger partial charge in [-0.25, -0.2) is 0 Å². The molecular weight excluding hydrogens is 92.1 g/mol. The fraction of sp³-hybridized carbons (Fsp3) is 0. The van der Waals surface area contributed by atoms with Crippen LogP contribution in [0.3, 0.4) is 0 Å². The van der Waals surface area contributed by atoms with Gasteiger partial charge in [-0.1, -0.05) is 0 Å². The molecule has 0 saturated carbocycles. The SMILES string of the molecule is [C]1=[C]C=CS[CH]1. The third-order valence-corrected chi connectivity index (χ3v) is 0.987. The maximum Gasteiger partial charge on any atom is 0.0511 e. The van der Waals surface area contributed by atoms with Gasteiger partial charge < -0.3 is 0 Å². The van der Waals surface area contributed by atoms with Gasteiger partial charge in [-0.15, -0.1) is 11.8 Å². The average Bonchev–Trinajstić information content (AvgIpc) is 1.72. The van der Waals surface area contributed by atoms with Crippen LogP contribution in [0.5, 0.6) is 0 Å². The Kier molecular flexibility index (Phi) is 1.39. The fourth-order valence-electron chi connectivity index (χ4n) is 0.229. The summed E-state index contributed by atoms with van der Waals surface area (Å²) in [4.78, 5) is 0. The Bertz CT molecular complexity index is 69.9. The molecule has 1 rings (SSSR count). The van der Waals surface area contributed by atoms with E-state index >= 15 is 0 Å². The first-order valence-corrected chi connectivity index (χ1v) is 2.57. The second-order valence-corrected chi connectivity index (χ2v) is 1.63. The van der Waals surface area contributed by atoms with Crippen molar-refractivity contribution in [3.8, 4) is 0 Å². The van der Waals surface area contributed by atoms with Crippen LogP contribution in [-0.2, 0) is 0 Å². The lowest BCUT2D eigenvalue weighted by Crippen LogP contribution is -1.62. The van der Waals surface area contributed by atoms with Crippen molar-refractivity contribution >= 4 is 11.8 Å². The molecule has 0 spiro atoms. The van der Waals surface area contributed by atoms with E-state index in [2.05, 4.69) is 12.2 Å². The smallest absolute Gasteiger partial charge is 0.0511 e. The molecule has 0 saturated heterocycles. The molecule has 0 aliphatic carbocycles. The van der Waals surface area contributed by atoms with Crippen molar-refractivity contribution in [1.29, 1.82) is 0 Å². The summed E-state index contributed by atoms with van der Waals surface area (Å²) in [5, 5.41) is 1.95. The zero-order valence-electron chi connectivity index (χ0n) is 3.14. The molecule has 0 aromatic carbocycles. The van der Waals surface area contributed by atoms with Gasteiger partial charge in [0.25, 0.3) is 0 Å². The summed E-state index contributed by atoms with van der Waals surface area (Å²) in [6.07, 6.45) is 7.40. The van der Waals surface area contributed by atoms with E-state index < -0.39 is 0 Å². The lowest BCUT2D eigenvalue weighted by atomic mass is 10.5. The van der Waals surface area contributed by atoms with E-state index in [-0.39, 0.29) is 0 Å². The van der Waals surface area contributed by atoms with Crippen molar-refractivity contribution in [3.05, 3.63) is 29.4 Å². The van der Waals surface area contributed by atoms with E-state index in [1.54, 1.807) is 11.8 Å². The highest BCUT2D eigenvalue weighted by atomic mass is 32.2. The first-order valence-electron chi connectivity index (χ1n) is 1.63. The summed E-state index contributed by atoms with van der Waals surface area (Å²) in [6.45, 7) is 0. The van der Waals surface area contributed by atoms with Gasteiger partial charge in [0.15, 0.2) is 0 Å². The first kappa shape index (κ1) is 4.00. The first-order chi connectivity index (χ1) is 3.00.